The van der Waals surface area contributed by atoms with Crippen LogP contribution in [0, 0.1) is 12.8 Å². The van der Waals surface area contributed by atoms with Crippen molar-refractivity contribution in [3.05, 3.63) is 89.3 Å². The first-order valence-corrected chi connectivity index (χ1v) is 9.15. The topological polar surface area (TPSA) is 54.9 Å². The molecule has 2 aromatic carbocycles. The minimum absolute atomic E-state index is 0.128. The van der Waals surface area contributed by atoms with Gasteiger partial charge in [-0.25, -0.2) is 9.97 Å². The molecule has 0 aliphatic heterocycles. The molecule has 134 valence electrons. The summed E-state index contributed by atoms with van der Waals surface area (Å²) in [4.78, 5) is 21.8. The predicted molar refractivity (Wildman–Crippen MR) is 108 cm³/mol. The first-order chi connectivity index (χ1) is 13.2. The molecule has 4 nitrogen and oxygen atoms in total. The minimum atomic E-state index is 0.128. The van der Waals surface area contributed by atoms with Crippen LogP contribution in [-0.2, 0) is 6.42 Å². The van der Waals surface area contributed by atoms with E-state index in [0.29, 0.717) is 17.9 Å². The van der Waals surface area contributed by atoms with Crippen molar-refractivity contribution in [1.82, 2.24) is 9.97 Å². The van der Waals surface area contributed by atoms with E-state index in [9.17, 15) is 4.79 Å². The predicted octanol–water partition coefficient (Wildman–Crippen LogP) is 4.99. The Kier molecular flexibility index (Phi) is 4.79. The zero-order chi connectivity index (χ0) is 18.6. The van der Waals surface area contributed by atoms with Gasteiger partial charge in [-0.3, -0.25) is 4.79 Å². The van der Waals surface area contributed by atoms with E-state index in [-0.39, 0.29) is 11.7 Å². The summed E-state index contributed by atoms with van der Waals surface area (Å²) >= 11 is 0. The molecule has 0 bridgehead atoms. The molecule has 0 amide bonds. The maximum absolute atomic E-state index is 12.7. The number of hydrogen-bond donors (Lipinski definition) is 1. The van der Waals surface area contributed by atoms with Crippen LogP contribution >= 0.6 is 0 Å². The zero-order valence-corrected chi connectivity index (χ0v) is 15.2. The summed E-state index contributed by atoms with van der Waals surface area (Å²) < 4.78 is 0. The smallest absolute Gasteiger partial charge is 0.227 e. The SMILES string of the molecule is Cc1nc(Nc2ccccc2)nc2c1C(=O)CC(C=Cc1ccccc1)C2. The average Bonchev–Trinajstić information content (AvgIpc) is 2.67. The molecule has 1 unspecified atom stereocenters. The second-order valence-electron chi connectivity index (χ2n) is 6.81. The van der Waals surface area contributed by atoms with Gasteiger partial charge in [0.1, 0.15) is 0 Å². The number of benzene rings is 2. The number of para-hydroxylation sites is 1. The Hall–Kier alpha value is -3.27. The zero-order valence-electron chi connectivity index (χ0n) is 15.2. The van der Waals surface area contributed by atoms with Gasteiger partial charge in [0.05, 0.1) is 17.0 Å². The molecule has 1 aliphatic carbocycles. The Bertz CT molecular complexity index is 981. The number of ketones is 1. The van der Waals surface area contributed by atoms with Gasteiger partial charge in [0, 0.05) is 12.1 Å². The lowest BCUT2D eigenvalue weighted by atomic mass is 9.85. The van der Waals surface area contributed by atoms with Crippen LogP contribution in [0.4, 0.5) is 11.6 Å². The molecular weight excluding hydrogens is 334 g/mol. The molecule has 0 saturated heterocycles. The maximum Gasteiger partial charge on any atom is 0.227 e. The van der Waals surface area contributed by atoms with Gasteiger partial charge in [-0.1, -0.05) is 60.7 Å². The van der Waals surface area contributed by atoms with Crippen molar-refractivity contribution in [3.8, 4) is 0 Å². The number of carbonyl (C=O) groups is 1. The van der Waals surface area contributed by atoms with E-state index in [2.05, 4.69) is 39.6 Å². The largest absolute Gasteiger partial charge is 0.324 e. The van der Waals surface area contributed by atoms with E-state index < -0.39 is 0 Å². The number of nitrogens with zero attached hydrogens (tertiary/aromatic N) is 2. The van der Waals surface area contributed by atoms with Gasteiger partial charge in [-0.2, -0.15) is 0 Å². The molecule has 0 radical (unpaired) electrons. The number of allylic oxidation sites excluding steroid dienone is 1. The first-order valence-electron chi connectivity index (χ1n) is 9.15. The fourth-order valence-electron chi connectivity index (χ4n) is 3.46. The van der Waals surface area contributed by atoms with Gasteiger partial charge in [0.2, 0.25) is 5.95 Å². The molecule has 3 aromatic rings. The molecule has 0 fully saturated rings. The van der Waals surface area contributed by atoms with Crippen LogP contribution in [-0.4, -0.2) is 15.8 Å². The Balaban J connectivity index is 1.58. The molecule has 4 heteroatoms. The fraction of sp³-hybridized carbons (Fsp3) is 0.174. The summed E-state index contributed by atoms with van der Waals surface area (Å²) in [6.07, 6.45) is 5.46. The molecule has 1 aromatic heterocycles. The summed E-state index contributed by atoms with van der Waals surface area (Å²) in [5.41, 5.74) is 4.34. The molecule has 0 saturated carbocycles. The van der Waals surface area contributed by atoms with Gasteiger partial charge >= 0.3 is 0 Å². The maximum atomic E-state index is 12.7. The molecule has 1 atom stereocenters. The summed E-state index contributed by atoms with van der Waals surface area (Å²) in [6.45, 7) is 1.88. The monoisotopic (exact) mass is 355 g/mol. The van der Waals surface area contributed by atoms with Crippen molar-refractivity contribution in [1.29, 1.82) is 0 Å². The summed E-state index contributed by atoms with van der Waals surface area (Å²) in [5.74, 6) is 0.824. The van der Waals surface area contributed by atoms with Gasteiger partial charge in [-0.05, 0) is 37.0 Å². The van der Waals surface area contributed by atoms with Gasteiger partial charge < -0.3 is 5.32 Å². The number of nitrogens with one attached hydrogen (secondary N) is 1. The van der Waals surface area contributed by atoms with E-state index in [1.807, 2.05) is 55.5 Å². The van der Waals surface area contributed by atoms with E-state index in [4.69, 9.17) is 0 Å². The lowest BCUT2D eigenvalue weighted by Gasteiger charge is -2.22. The van der Waals surface area contributed by atoms with Crippen LogP contribution in [0.1, 0.15) is 33.7 Å². The van der Waals surface area contributed by atoms with Crippen molar-refractivity contribution in [2.24, 2.45) is 5.92 Å². The van der Waals surface area contributed by atoms with Crippen LogP contribution in [0.15, 0.2) is 66.7 Å². The first kappa shape index (κ1) is 17.2. The summed E-state index contributed by atoms with van der Waals surface area (Å²) in [6, 6.07) is 20.0. The Labute approximate surface area is 159 Å². The van der Waals surface area contributed by atoms with Gasteiger partial charge in [0.25, 0.3) is 0 Å². The summed E-state index contributed by atoms with van der Waals surface area (Å²) in [7, 11) is 0. The average molecular weight is 355 g/mol. The standard InChI is InChI=1S/C23H21N3O/c1-16-22-20(26-23(24-16)25-19-10-6-3-7-11-19)14-18(15-21(22)27)13-12-17-8-4-2-5-9-17/h2-13,18H,14-15H2,1H3,(H,24,25,26). The number of hydrogen-bond acceptors (Lipinski definition) is 4. The second-order valence-corrected chi connectivity index (χ2v) is 6.81. The van der Waals surface area contributed by atoms with Crippen LogP contribution < -0.4 is 5.32 Å². The normalized spacial score (nSPS) is 16.3. The molecule has 1 aliphatic rings. The van der Waals surface area contributed by atoms with Crippen molar-refractivity contribution in [2.75, 3.05) is 5.32 Å². The number of anilines is 2. The van der Waals surface area contributed by atoms with E-state index >= 15 is 0 Å². The molecule has 27 heavy (non-hydrogen) atoms. The number of aromatic nitrogens is 2. The number of rotatable bonds is 4. The number of carbonyl (C=O) groups excluding carboxylic acids is 1. The molecule has 0 spiro atoms. The molecular formula is C23H21N3O. The van der Waals surface area contributed by atoms with Gasteiger partial charge in [-0.15, -0.1) is 0 Å². The van der Waals surface area contributed by atoms with Crippen LogP contribution in [0.5, 0.6) is 0 Å². The quantitative estimate of drug-likeness (QED) is 0.716. The minimum Gasteiger partial charge on any atom is -0.324 e. The number of fused-ring (bicyclic) bond motifs is 1. The van der Waals surface area contributed by atoms with E-state index in [1.165, 1.54) is 0 Å². The fourth-order valence-corrected chi connectivity index (χ4v) is 3.46. The molecule has 1 heterocycles. The molecule has 1 N–H and O–H groups in total. The lowest BCUT2D eigenvalue weighted by molar-refractivity contribution is 0.0957. The van der Waals surface area contributed by atoms with Crippen molar-refractivity contribution < 1.29 is 4.79 Å². The highest BCUT2D eigenvalue weighted by atomic mass is 16.1. The van der Waals surface area contributed by atoms with E-state index in [1.54, 1.807) is 0 Å². The van der Waals surface area contributed by atoms with Crippen molar-refractivity contribution in [2.45, 2.75) is 19.8 Å². The third-order valence-electron chi connectivity index (χ3n) is 4.74. The third-order valence-corrected chi connectivity index (χ3v) is 4.74. The summed E-state index contributed by atoms with van der Waals surface area (Å²) in [5, 5.41) is 3.23. The van der Waals surface area contributed by atoms with E-state index in [0.717, 1.165) is 29.1 Å². The number of aryl methyl sites for hydroxylation is 1. The van der Waals surface area contributed by atoms with Crippen LogP contribution in [0.2, 0.25) is 0 Å². The second kappa shape index (κ2) is 7.54. The van der Waals surface area contributed by atoms with Crippen LogP contribution in [0.3, 0.4) is 0 Å². The van der Waals surface area contributed by atoms with Gasteiger partial charge in [0.15, 0.2) is 5.78 Å². The highest BCUT2D eigenvalue weighted by Crippen LogP contribution is 2.28. The highest BCUT2D eigenvalue weighted by Gasteiger charge is 2.27. The highest BCUT2D eigenvalue weighted by molar-refractivity contribution is 5.99. The van der Waals surface area contributed by atoms with Crippen molar-refractivity contribution >= 4 is 23.5 Å². The number of Topliss-reactive ketones (excluding diaryl/α,β-unsaturated/α-hetero) is 1. The van der Waals surface area contributed by atoms with Crippen LogP contribution in [0.25, 0.3) is 6.08 Å². The Morgan fingerprint density at radius 2 is 1.67 bits per heavy atom. The molecule has 4 rings (SSSR count). The lowest BCUT2D eigenvalue weighted by Crippen LogP contribution is -2.22. The third kappa shape index (κ3) is 3.95. The van der Waals surface area contributed by atoms with Crippen molar-refractivity contribution in [3.63, 3.8) is 0 Å². The Morgan fingerprint density at radius 3 is 2.41 bits per heavy atom. The Morgan fingerprint density at radius 1 is 0.963 bits per heavy atom.